The highest BCUT2D eigenvalue weighted by Gasteiger charge is 2.03. The van der Waals surface area contributed by atoms with Gasteiger partial charge in [0.05, 0.1) is 11.6 Å². The van der Waals surface area contributed by atoms with E-state index in [-0.39, 0.29) is 0 Å². The first kappa shape index (κ1) is 16.7. The van der Waals surface area contributed by atoms with E-state index in [2.05, 4.69) is 32.2 Å². The summed E-state index contributed by atoms with van der Waals surface area (Å²) >= 11 is 8.10. The molecule has 1 aromatic carbocycles. The Morgan fingerprint density at radius 3 is 2.79 bits per heavy atom. The molecule has 0 fully saturated rings. The molecule has 0 bridgehead atoms. The van der Waals surface area contributed by atoms with Gasteiger partial charge in [0.15, 0.2) is 0 Å². The summed E-state index contributed by atoms with van der Waals surface area (Å²) in [6.45, 7) is 9.13. The molecule has 1 aromatic rings. The van der Waals surface area contributed by atoms with E-state index in [1.54, 1.807) is 0 Å². The predicted octanol–water partition coefficient (Wildman–Crippen LogP) is 4.22. The van der Waals surface area contributed by atoms with Gasteiger partial charge in [-0.1, -0.05) is 38.4 Å². The third kappa shape index (κ3) is 7.09. The van der Waals surface area contributed by atoms with E-state index in [0.29, 0.717) is 17.5 Å². The lowest BCUT2D eigenvalue weighted by atomic mass is 10.2. The molecular weight excluding hydrogens is 278 g/mol. The zero-order valence-electron chi connectivity index (χ0n) is 12.0. The van der Waals surface area contributed by atoms with Crippen LogP contribution in [0.4, 0.5) is 0 Å². The zero-order valence-corrected chi connectivity index (χ0v) is 13.6. The fourth-order valence-electron chi connectivity index (χ4n) is 1.63. The number of thioether (sulfide) groups is 1. The van der Waals surface area contributed by atoms with Gasteiger partial charge in [-0.15, -0.1) is 0 Å². The molecule has 19 heavy (non-hydrogen) atoms. The van der Waals surface area contributed by atoms with Crippen molar-refractivity contribution < 1.29 is 4.74 Å². The van der Waals surface area contributed by atoms with Crippen LogP contribution in [0.2, 0.25) is 5.02 Å². The molecule has 0 aliphatic carbocycles. The second kappa shape index (κ2) is 9.51. The van der Waals surface area contributed by atoms with E-state index >= 15 is 0 Å². The summed E-state index contributed by atoms with van der Waals surface area (Å²) in [6.07, 6.45) is 0. The van der Waals surface area contributed by atoms with Gasteiger partial charge in [0.2, 0.25) is 0 Å². The molecule has 1 N–H and O–H groups in total. The normalized spacial score (nSPS) is 11.0. The van der Waals surface area contributed by atoms with E-state index < -0.39 is 0 Å². The Bertz CT molecular complexity index is 371. The van der Waals surface area contributed by atoms with Crippen molar-refractivity contribution in [3.05, 3.63) is 28.8 Å². The molecule has 0 aliphatic heterocycles. The molecule has 0 saturated carbocycles. The topological polar surface area (TPSA) is 21.3 Å². The lowest BCUT2D eigenvalue weighted by molar-refractivity contribution is 0.344. The second-order valence-corrected chi connectivity index (χ2v) is 6.64. The fraction of sp³-hybridized carbons (Fsp3) is 0.600. The van der Waals surface area contributed by atoms with Gasteiger partial charge in [-0.05, 0) is 35.9 Å². The highest BCUT2D eigenvalue weighted by molar-refractivity contribution is 7.99. The van der Waals surface area contributed by atoms with Crippen LogP contribution in [-0.2, 0) is 6.54 Å². The average molecular weight is 302 g/mol. The lowest BCUT2D eigenvalue weighted by Crippen LogP contribution is -2.18. The molecular formula is C15H24ClNOS. The van der Waals surface area contributed by atoms with Crippen LogP contribution >= 0.6 is 23.4 Å². The third-order valence-electron chi connectivity index (χ3n) is 2.57. The molecule has 108 valence electrons. The van der Waals surface area contributed by atoms with Crippen molar-refractivity contribution in [3.63, 3.8) is 0 Å². The number of ether oxygens (including phenoxy) is 1. The molecule has 2 nitrogen and oxygen atoms in total. The molecule has 0 saturated heterocycles. The molecule has 4 heteroatoms. The van der Waals surface area contributed by atoms with Crippen molar-refractivity contribution in [3.8, 4) is 5.75 Å². The standard InChI is InChI=1S/C15H24ClNOS/c1-4-19-8-7-18-15-6-5-13(9-14(15)16)11-17-10-12(2)3/h5-6,9,12,17H,4,7-8,10-11H2,1-3H3. The van der Waals surface area contributed by atoms with Crippen molar-refractivity contribution in [2.75, 3.05) is 24.7 Å². The molecule has 0 amide bonds. The highest BCUT2D eigenvalue weighted by atomic mass is 35.5. The van der Waals surface area contributed by atoms with Gasteiger partial charge in [0, 0.05) is 12.3 Å². The first-order valence-electron chi connectivity index (χ1n) is 6.83. The fourth-order valence-corrected chi connectivity index (χ4v) is 2.38. The summed E-state index contributed by atoms with van der Waals surface area (Å²) in [5, 5.41) is 4.10. The number of nitrogens with one attached hydrogen (secondary N) is 1. The van der Waals surface area contributed by atoms with Crippen LogP contribution in [0.1, 0.15) is 26.3 Å². The Balaban J connectivity index is 2.40. The Morgan fingerprint density at radius 1 is 1.37 bits per heavy atom. The van der Waals surface area contributed by atoms with Crippen molar-refractivity contribution in [2.24, 2.45) is 5.92 Å². The van der Waals surface area contributed by atoms with Crippen LogP contribution in [0.15, 0.2) is 18.2 Å². The second-order valence-electron chi connectivity index (χ2n) is 4.83. The predicted molar refractivity (Wildman–Crippen MR) is 86.5 cm³/mol. The largest absolute Gasteiger partial charge is 0.491 e. The maximum absolute atomic E-state index is 6.22. The number of hydrogen-bond acceptors (Lipinski definition) is 3. The van der Waals surface area contributed by atoms with Gasteiger partial charge >= 0.3 is 0 Å². The first-order chi connectivity index (χ1) is 9.13. The maximum atomic E-state index is 6.22. The molecule has 0 atom stereocenters. The van der Waals surface area contributed by atoms with Gasteiger partial charge in [0.25, 0.3) is 0 Å². The summed E-state index contributed by atoms with van der Waals surface area (Å²) in [5.41, 5.74) is 1.20. The van der Waals surface area contributed by atoms with Crippen molar-refractivity contribution in [1.29, 1.82) is 0 Å². The van der Waals surface area contributed by atoms with Crippen LogP contribution in [0.25, 0.3) is 0 Å². The Morgan fingerprint density at radius 2 is 2.16 bits per heavy atom. The van der Waals surface area contributed by atoms with Crippen LogP contribution in [-0.4, -0.2) is 24.7 Å². The Hall–Kier alpha value is -0.380. The molecule has 0 heterocycles. The lowest BCUT2D eigenvalue weighted by Gasteiger charge is -2.11. The van der Waals surface area contributed by atoms with Crippen molar-refractivity contribution in [1.82, 2.24) is 5.32 Å². The van der Waals surface area contributed by atoms with E-state index in [0.717, 1.165) is 30.3 Å². The minimum Gasteiger partial charge on any atom is -0.491 e. The van der Waals surface area contributed by atoms with Crippen molar-refractivity contribution in [2.45, 2.75) is 27.3 Å². The molecule has 0 aromatic heterocycles. The minimum atomic E-state index is 0.661. The Labute approximate surface area is 126 Å². The summed E-state index contributed by atoms with van der Waals surface area (Å²) in [5.74, 6) is 3.57. The van der Waals surface area contributed by atoms with E-state index in [4.69, 9.17) is 16.3 Å². The molecule has 0 unspecified atom stereocenters. The molecule has 0 radical (unpaired) electrons. The van der Waals surface area contributed by atoms with Crippen LogP contribution in [0, 0.1) is 5.92 Å². The number of halogens is 1. The summed E-state index contributed by atoms with van der Waals surface area (Å²) in [4.78, 5) is 0. The summed E-state index contributed by atoms with van der Waals surface area (Å²) in [7, 11) is 0. The first-order valence-corrected chi connectivity index (χ1v) is 8.36. The third-order valence-corrected chi connectivity index (χ3v) is 3.73. The zero-order chi connectivity index (χ0) is 14.1. The SMILES string of the molecule is CCSCCOc1ccc(CNCC(C)C)cc1Cl. The monoisotopic (exact) mass is 301 g/mol. The number of rotatable bonds is 9. The smallest absolute Gasteiger partial charge is 0.137 e. The van der Waals surface area contributed by atoms with Crippen LogP contribution in [0.5, 0.6) is 5.75 Å². The summed E-state index contributed by atoms with van der Waals surface area (Å²) < 4.78 is 5.66. The van der Waals surface area contributed by atoms with Crippen LogP contribution < -0.4 is 10.1 Å². The van der Waals surface area contributed by atoms with Gasteiger partial charge in [-0.2, -0.15) is 11.8 Å². The average Bonchev–Trinajstić information content (AvgIpc) is 2.36. The molecule has 0 spiro atoms. The highest BCUT2D eigenvalue weighted by Crippen LogP contribution is 2.25. The quantitative estimate of drug-likeness (QED) is 0.690. The molecule has 1 rings (SSSR count). The van der Waals surface area contributed by atoms with E-state index in [1.807, 2.05) is 23.9 Å². The van der Waals surface area contributed by atoms with Gasteiger partial charge in [-0.25, -0.2) is 0 Å². The van der Waals surface area contributed by atoms with E-state index in [1.165, 1.54) is 5.56 Å². The maximum Gasteiger partial charge on any atom is 0.137 e. The van der Waals surface area contributed by atoms with Gasteiger partial charge in [0.1, 0.15) is 5.75 Å². The number of benzene rings is 1. The Kier molecular flexibility index (Phi) is 8.35. The van der Waals surface area contributed by atoms with E-state index in [9.17, 15) is 0 Å². The summed E-state index contributed by atoms with van der Waals surface area (Å²) in [6, 6.07) is 6.02. The van der Waals surface area contributed by atoms with Crippen LogP contribution in [0.3, 0.4) is 0 Å². The molecule has 0 aliphatic rings. The minimum absolute atomic E-state index is 0.661. The van der Waals surface area contributed by atoms with Gasteiger partial charge in [-0.3, -0.25) is 0 Å². The number of hydrogen-bond donors (Lipinski definition) is 1. The van der Waals surface area contributed by atoms with Gasteiger partial charge < -0.3 is 10.1 Å². The van der Waals surface area contributed by atoms with Crippen molar-refractivity contribution >= 4 is 23.4 Å².